The number of para-hydroxylation sites is 2. The van der Waals surface area contributed by atoms with Gasteiger partial charge in [-0.3, -0.25) is 0 Å². The van der Waals surface area contributed by atoms with Gasteiger partial charge < -0.3 is 15.0 Å². The number of hydrogen-bond donors (Lipinski definition) is 1. The maximum absolute atomic E-state index is 6.01. The van der Waals surface area contributed by atoms with Crippen LogP contribution in [-0.2, 0) is 4.74 Å². The summed E-state index contributed by atoms with van der Waals surface area (Å²) in [6.07, 6.45) is 6.97. The Hall–Kier alpha value is -1.22. The second-order valence-electron chi connectivity index (χ2n) is 6.73. The van der Waals surface area contributed by atoms with E-state index in [-0.39, 0.29) is 0 Å². The van der Waals surface area contributed by atoms with Crippen LogP contribution in [-0.4, -0.2) is 32.8 Å². The minimum absolute atomic E-state index is 0.384. The summed E-state index contributed by atoms with van der Waals surface area (Å²) in [6, 6.07) is 9.18. The first-order valence-corrected chi connectivity index (χ1v) is 8.32. The molecule has 2 aliphatic carbocycles. The molecule has 21 heavy (non-hydrogen) atoms. The second kappa shape index (κ2) is 5.88. The molecule has 2 unspecified atom stereocenters. The molecule has 0 saturated heterocycles. The third-order valence-corrected chi connectivity index (χ3v) is 5.40. The second-order valence-corrected chi connectivity index (χ2v) is 6.73. The van der Waals surface area contributed by atoms with Crippen LogP contribution in [0.5, 0.6) is 0 Å². The summed E-state index contributed by atoms with van der Waals surface area (Å²) >= 11 is 0. The van der Waals surface area contributed by atoms with Crippen LogP contribution in [0.15, 0.2) is 24.3 Å². The van der Waals surface area contributed by atoms with E-state index in [9.17, 15) is 0 Å². The average molecular weight is 288 g/mol. The van der Waals surface area contributed by atoms with Gasteiger partial charge in [0.15, 0.2) is 0 Å². The number of ether oxygens (including phenoxy) is 1. The molecule has 1 N–H and O–H groups in total. The highest BCUT2D eigenvalue weighted by Crippen LogP contribution is 2.55. The number of rotatable bonds is 5. The summed E-state index contributed by atoms with van der Waals surface area (Å²) in [5.74, 6) is 0. The van der Waals surface area contributed by atoms with Crippen LogP contribution >= 0.6 is 0 Å². The summed E-state index contributed by atoms with van der Waals surface area (Å²) in [4.78, 5) is 2.18. The Balaban J connectivity index is 1.77. The first-order valence-electron chi connectivity index (χ1n) is 8.32. The molecule has 0 radical (unpaired) electrons. The Labute approximate surface area is 128 Å². The SMILES string of the molecule is CCOC1CC(Nc2ccccc2N(C)C)C12CCCC2. The van der Waals surface area contributed by atoms with Crippen molar-refractivity contribution in [2.45, 2.75) is 51.2 Å². The average Bonchev–Trinajstić information content (AvgIpc) is 2.99. The topological polar surface area (TPSA) is 24.5 Å². The molecule has 0 amide bonds. The van der Waals surface area contributed by atoms with Crippen molar-refractivity contribution >= 4 is 11.4 Å². The van der Waals surface area contributed by atoms with E-state index in [2.05, 4.69) is 55.5 Å². The third kappa shape index (κ3) is 2.52. The quantitative estimate of drug-likeness (QED) is 0.889. The summed E-state index contributed by atoms with van der Waals surface area (Å²) in [5.41, 5.74) is 2.91. The highest BCUT2D eigenvalue weighted by Gasteiger charge is 2.56. The molecule has 0 heterocycles. The number of nitrogens with one attached hydrogen (secondary N) is 1. The van der Waals surface area contributed by atoms with Crippen LogP contribution in [0.1, 0.15) is 39.0 Å². The predicted octanol–water partition coefficient (Wildman–Crippen LogP) is 3.90. The fraction of sp³-hybridized carbons (Fsp3) is 0.667. The van der Waals surface area contributed by atoms with Crippen molar-refractivity contribution < 1.29 is 4.74 Å². The van der Waals surface area contributed by atoms with E-state index in [1.807, 2.05) is 0 Å². The lowest BCUT2D eigenvalue weighted by Crippen LogP contribution is -2.60. The third-order valence-electron chi connectivity index (χ3n) is 5.40. The summed E-state index contributed by atoms with van der Waals surface area (Å²) < 4.78 is 6.01. The Kier molecular flexibility index (Phi) is 4.12. The van der Waals surface area contributed by atoms with E-state index in [0.29, 0.717) is 17.6 Å². The number of benzene rings is 1. The standard InChI is InChI=1S/C18H28N2O/c1-4-21-17-13-16(18(17)11-7-8-12-18)19-14-9-5-6-10-15(14)20(2)3/h5-6,9-10,16-17,19H,4,7-8,11-13H2,1-3H3. The molecule has 2 aliphatic rings. The summed E-state index contributed by atoms with van der Waals surface area (Å²) in [7, 11) is 4.21. The molecule has 0 aliphatic heterocycles. The van der Waals surface area contributed by atoms with E-state index in [1.165, 1.54) is 37.1 Å². The maximum atomic E-state index is 6.01. The monoisotopic (exact) mass is 288 g/mol. The number of nitrogens with zero attached hydrogens (tertiary/aromatic N) is 1. The molecule has 3 nitrogen and oxygen atoms in total. The minimum Gasteiger partial charge on any atom is -0.380 e. The summed E-state index contributed by atoms with van der Waals surface area (Å²) in [6.45, 7) is 2.96. The van der Waals surface area contributed by atoms with E-state index in [4.69, 9.17) is 4.74 Å². The van der Waals surface area contributed by atoms with Gasteiger partial charge in [0.1, 0.15) is 0 Å². The molecule has 0 aromatic heterocycles. The Morgan fingerprint density at radius 3 is 2.62 bits per heavy atom. The number of anilines is 2. The molecule has 0 bridgehead atoms. The van der Waals surface area contributed by atoms with Crippen LogP contribution in [0.4, 0.5) is 11.4 Å². The van der Waals surface area contributed by atoms with Crippen LogP contribution in [0.3, 0.4) is 0 Å². The Morgan fingerprint density at radius 2 is 1.95 bits per heavy atom. The van der Waals surface area contributed by atoms with Gasteiger partial charge in [0.2, 0.25) is 0 Å². The molecular formula is C18H28N2O. The molecule has 2 atom stereocenters. The van der Waals surface area contributed by atoms with Gasteiger partial charge in [-0.15, -0.1) is 0 Å². The molecule has 1 aromatic carbocycles. The van der Waals surface area contributed by atoms with Crippen LogP contribution in [0.25, 0.3) is 0 Å². The number of hydrogen-bond acceptors (Lipinski definition) is 3. The molecular weight excluding hydrogens is 260 g/mol. The zero-order valence-corrected chi connectivity index (χ0v) is 13.6. The normalized spacial score (nSPS) is 26.6. The van der Waals surface area contributed by atoms with Crippen molar-refractivity contribution in [1.29, 1.82) is 0 Å². The molecule has 1 spiro atoms. The van der Waals surface area contributed by atoms with Gasteiger partial charge in [0.25, 0.3) is 0 Å². The van der Waals surface area contributed by atoms with E-state index in [1.54, 1.807) is 0 Å². The lowest BCUT2D eigenvalue weighted by molar-refractivity contribution is -0.114. The maximum Gasteiger partial charge on any atom is 0.0670 e. The van der Waals surface area contributed by atoms with E-state index >= 15 is 0 Å². The molecule has 3 heteroatoms. The van der Waals surface area contributed by atoms with Crippen molar-refractivity contribution in [2.24, 2.45) is 5.41 Å². The van der Waals surface area contributed by atoms with Crippen molar-refractivity contribution in [3.8, 4) is 0 Å². The fourth-order valence-electron chi connectivity index (χ4n) is 4.26. The van der Waals surface area contributed by atoms with Gasteiger partial charge in [-0.25, -0.2) is 0 Å². The molecule has 116 valence electrons. The van der Waals surface area contributed by atoms with Crippen molar-refractivity contribution in [3.63, 3.8) is 0 Å². The molecule has 1 aromatic rings. The van der Waals surface area contributed by atoms with Crippen LogP contribution < -0.4 is 10.2 Å². The summed E-state index contributed by atoms with van der Waals surface area (Å²) in [5, 5.41) is 3.83. The van der Waals surface area contributed by atoms with Crippen molar-refractivity contribution in [2.75, 3.05) is 30.9 Å². The zero-order chi connectivity index (χ0) is 14.9. The van der Waals surface area contributed by atoms with Gasteiger partial charge in [-0.05, 0) is 38.3 Å². The van der Waals surface area contributed by atoms with Crippen molar-refractivity contribution in [1.82, 2.24) is 0 Å². The largest absolute Gasteiger partial charge is 0.380 e. The van der Waals surface area contributed by atoms with Crippen molar-refractivity contribution in [3.05, 3.63) is 24.3 Å². The van der Waals surface area contributed by atoms with Crippen LogP contribution in [0.2, 0.25) is 0 Å². The zero-order valence-electron chi connectivity index (χ0n) is 13.6. The highest BCUT2D eigenvalue weighted by molar-refractivity contribution is 5.70. The van der Waals surface area contributed by atoms with Gasteiger partial charge in [0, 0.05) is 32.2 Å². The van der Waals surface area contributed by atoms with E-state index in [0.717, 1.165) is 13.0 Å². The smallest absolute Gasteiger partial charge is 0.0670 e. The molecule has 2 fully saturated rings. The van der Waals surface area contributed by atoms with Crippen LogP contribution in [0, 0.1) is 5.41 Å². The fourth-order valence-corrected chi connectivity index (χ4v) is 4.26. The van der Waals surface area contributed by atoms with Gasteiger partial charge >= 0.3 is 0 Å². The minimum atomic E-state index is 0.384. The lowest BCUT2D eigenvalue weighted by Gasteiger charge is -2.54. The van der Waals surface area contributed by atoms with E-state index < -0.39 is 0 Å². The van der Waals surface area contributed by atoms with Gasteiger partial charge in [0.05, 0.1) is 17.5 Å². The first-order chi connectivity index (χ1) is 10.2. The Bertz CT molecular complexity index is 480. The highest BCUT2D eigenvalue weighted by atomic mass is 16.5. The van der Waals surface area contributed by atoms with Gasteiger partial charge in [-0.1, -0.05) is 25.0 Å². The Morgan fingerprint density at radius 1 is 1.24 bits per heavy atom. The first kappa shape index (κ1) is 14.7. The molecule has 2 saturated carbocycles. The lowest BCUT2D eigenvalue weighted by atomic mass is 9.60. The van der Waals surface area contributed by atoms with Gasteiger partial charge in [-0.2, -0.15) is 0 Å². The predicted molar refractivity (Wildman–Crippen MR) is 89.1 cm³/mol. The molecule has 3 rings (SSSR count).